The largest absolute Gasteiger partial charge is 0.325 e. The van der Waals surface area contributed by atoms with Crippen LogP contribution in [0, 0.1) is 5.92 Å². The van der Waals surface area contributed by atoms with Gasteiger partial charge in [-0.05, 0) is 55.2 Å². The van der Waals surface area contributed by atoms with Crippen molar-refractivity contribution in [3.63, 3.8) is 0 Å². The van der Waals surface area contributed by atoms with E-state index in [9.17, 15) is 9.59 Å². The molecule has 0 aromatic heterocycles. The van der Waals surface area contributed by atoms with Gasteiger partial charge in [-0.3, -0.25) is 9.59 Å². The number of nitrogens with zero attached hydrogens (tertiary/aromatic N) is 1. The van der Waals surface area contributed by atoms with Crippen LogP contribution in [0.1, 0.15) is 56.7 Å². The van der Waals surface area contributed by atoms with Crippen LogP contribution < -0.4 is 0 Å². The van der Waals surface area contributed by atoms with E-state index < -0.39 is 6.04 Å². The van der Waals surface area contributed by atoms with E-state index in [4.69, 9.17) is 23.2 Å². The molecule has 0 aliphatic carbocycles. The van der Waals surface area contributed by atoms with E-state index in [0.717, 1.165) is 11.1 Å². The number of benzene rings is 2. The summed E-state index contributed by atoms with van der Waals surface area (Å²) in [5, 5.41) is 1.31. The molecule has 3 rings (SSSR count). The third kappa shape index (κ3) is 4.11. The van der Waals surface area contributed by atoms with E-state index in [-0.39, 0.29) is 29.6 Å². The van der Waals surface area contributed by atoms with E-state index in [1.54, 1.807) is 6.92 Å². The van der Waals surface area contributed by atoms with Gasteiger partial charge in [0.15, 0.2) is 5.78 Å². The summed E-state index contributed by atoms with van der Waals surface area (Å²) in [6.07, 6.45) is 1.29. The van der Waals surface area contributed by atoms with Crippen molar-refractivity contribution in [1.29, 1.82) is 0 Å². The van der Waals surface area contributed by atoms with Gasteiger partial charge in [0.25, 0.3) is 0 Å². The summed E-state index contributed by atoms with van der Waals surface area (Å²) in [6, 6.07) is 14.7. The van der Waals surface area contributed by atoms with Gasteiger partial charge in [0, 0.05) is 21.9 Å². The van der Waals surface area contributed by atoms with E-state index in [0.29, 0.717) is 22.9 Å². The molecule has 4 atom stereocenters. The molecular formula is C23H25Cl2NO2. The maximum Gasteiger partial charge on any atom is 0.226 e. The molecule has 148 valence electrons. The summed E-state index contributed by atoms with van der Waals surface area (Å²) in [4.78, 5) is 27.5. The zero-order valence-corrected chi connectivity index (χ0v) is 17.9. The van der Waals surface area contributed by atoms with Crippen LogP contribution in [0.25, 0.3) is 0 Å². The van der Waals surface area contributed by atoms with E-state index >= 15 is 0 Å². The maximum absolute atomic E-state index is 13.2. The summed E-state index contributed by atoms with van der Waals surface area (Å²) in [5.41, 5.74) is 2.06. The van der Waals surface area contributed by atoms with E-state index in [2.05, 4.69) is 6.07 Å². The zero-order chi connectivity index (χ0) is 20.4. The van der Waals surface area contributed by atoms with Gasteiger partial charge in [-0.15, -0.1) is 0 Å². The molecule has 1 saturated heterocycles. The minimum atomic E-state index is -0.447. The third-order valence-electron chi connectivity index (χ3n) is 5.64. The molecule has 0 saturated carbocycles. The van der Waals surface area contributed by atoms with Gasteiger partial charge in [0.2, 0.25) is 5.91 Å². The molecule has 1 aliphatic heterocycles. The van der Waals surface area contributed by atoms with Crippen LogP contribution in [0.4, 0.5) is 0 Å². The van der Waals surface area contributed by atoms with Crippen LogP contribution in [0.15, 0.2) is 48.5 Å². The fourth-order valence-electron chi connectivity index (χ4n) is 4.33. The van der Waals surface area contributed by atoms with Crippen LogP contribution in [0.3, 0.4) is 0 Å². The Hall–Kier alpha value is -1.84. The monoisotopic (exact) mass is 417 g/mol. The second kappa shape index (κ2) is 8.67. The van der Waals surface area contributed by atoms with Gasteiger partial charge in [-0.2, -0.15) is 0 Å². The highest BCUT2D eigenvalue weighted by Gasteiger charge is 2.44. The van der Waals surface area contributed by atoms with Crippen molar-refractivity contribution in [3.8, 4) is 0 Å². The highest BCUT2D eigenvalue weighted by molar-refractivity contribution is 6.30. The molecule has 0 bridgehead atoms. The smallest absolute Gasteiger partial charge is 0.226 e. The number of amides is 1. The number of hydrogen-bond donors (Lipinski definition) is 0. The first-order valence-electron chi connectivity index (χ1n) is 9.67. The summed E-state index contributed by atoms with van der Waals surface area (Å²) in [5.74, 6) is -0.0871. The van der Waals surface area contributed by atoms with Crippen molar-refractivity contribution in [2.45, 2.75) is 51.6 Å². The summed E-state index contributed by atoms with van der Waals surface area (Å²) in [7, 11) is 0. The second-order valence-corrected chi connectivity index (χ2v) is 8.45. The highest BCUT2D eigenvalue weighted by atomic mass is 35.5. The maximum atomic E-state index is 13.2. The third-order valence-corrected chi connectivity index (χ3v) is 6.13. The molecule has 1 heterocycles. The van der Waals surface area contributed by atoms with Crippen molar-refractivity contribution < 1.29 is 9.59 Å². The van der Waals surface area contributed by atoms with Crippen molar-refractivity contribution in [2.24, 2.45) is 5.92 Å². The Morgan fingerprint density at radius 2 is 1.79 bits per heavy atom. The normalized spacial score (nSPS) is 23.5. The fourth-order valence-corrected chi connectivity index (χ4v) is 4.66. The second-order valence-electron chi connectivity index (χ2n) is 7.57. The molecule has 2 unspecified atom stereocenters. The lowest BCUT2D eigenvalue weighted by Crippen LogP contribution is -2.53. The van der Waals surface area contributed by atoms with E-state index in [1.807, 2.05) is 61.2 Å². The van der Waals surface area contributed by atoms with Gasteiger partial charge < -0.3 is 4.90 Å². The molecule has 2 aromatic rings. The average molecular weight is 418 g/mol. The topological polar surface area (TPSA) is 37.4 Å². The molecule has 0 N–H and O–H groups in total. The van der Waals surface area contributed by atoms with Gasteiger partial charge >= 0.3 is 0 Å². The zero-order valence-electron chi connectivity index (χ0n) is 16.4. The molecular weight excluding hydrogens is 393 g/mol. The van der Waals surface area contributed by atoms with Crippen LogP contribution in [0.5, 0.6) is 0 Å². The number of halogens is 2. The number of likely N-dealkylation sites (tertiary alicyclic amines) is 1. The first kappa shape index (κ1) is 20.9. The number of piperidine rings is 1. The number of Topliss-reactive ketones (excluding diaryl/α,β-unsaturated/α-hetero) is 1. The standard InChI is InChI=1S/C23H25Cl2NO2/c1-4-21(15(3)27)26-22(16-8-10-18(24)11-9-16)20(12-14(2)23(26)28)17-6-5-7-19(25)13-17/h5-11,13-14,20-22H,4,12H2,1-3H3/t14?,20?,21-,22+/m0/s1. The highest BCUT2D eigenvalue weighted by Crippen LogP contribution is 2.46. The van der Waals surface area contributed by atoms with Crippen molar-refractivity contribution in [3.05, 3.63) is 69.7 Å². The van der Waals surface area contributed by atoms with Gasteiger partial charge in [-0.1, -0.05) is 61.3 Å². The number of rotatable bonds is 5. The number of carbonyl (C=O) groups excluding carboxylic acids is 2. The minimum absolute atomic E-state index is 0.00811. The number of hydrogen-bond acceptors (Lipinski definition) is 2. The fraction of sp³-hybridized carbons (Fsp3) is 0.391. The molecule has 0 radical (unpaired) electrons. The number of ketones is 1. The van der Waals surface area contributed by atoms with Gasteiger partial charge in [-0.25, -0.2) is 0 Å². The van der Waals surface area contributed by atoms with Crippen LogP contribution in [-0.4, -0.2) is 22.6 Å². The average Bonchev–Trinajstić information content (AvgIpc) is 2.66. The predicted octanol–water partition coefficient (Wildman–Crippen LogP) is 6.05. The first-order chi connectivity index (χ1) is 13.3. The molecule has 5 heteroatoms. The molecule has 1 amide bonds. The molecule has 1 aliphatic rings. The molecule has 1 fully saturated rings. The Morgan fingerprint density at radius 1 is 1.11 bits per heavy atom. The van der Waals surface area contributed by atoms with Gasteiger partial charge in [0.1, 0.15) is 0 Å². The van der Waals surface area contributed by atoms with Crippen LogP contribution in [-0.2, 0) is 9.59 Å². The SMILES string of the molecule is CC[C@@H](C(C)=O)N1C(=O)C(C)CC(c2cccc(Cl)c2)[C@H]1c1ccc(Cl)cc1. The van der Waals surface area contributed by atoms with Crippen LogP contribution >= 0.6 is 23.2 Å². The Labute approximate surface area is 176 Å². The minimum Gasteiger partial charge on any atom is -0.325 e. The van der Waals surface area contributed by atoms with Crippen molar-refractivity contribution in [1.82, 2.24) is 4.90 Å². The summed E-state index contributed by atoms with van der Waals surface area (Å²) < 4.78 is 0. The molecule has 0 spiro atoms. The Morgan fingerprint density at radius 3 is 2.36 bits per heavy atom. The lowest BCUT2D eigenvalue weighted by atomic mass is 9.75. The predicted molar refractivity (Wildman–Crippen MR) is 114 cm³/mol. The van der Waals surface area contributed by atoms with E-state index in [1.165, 1.54) is 0 Å². The van der Waals surface area contributed by atoms with Crippen LogP contribution in [0.2, 0.25) is 10.0 Å². The Balaban J connectivity index is 2.17. The summed E-state index contributed by atoms with van der Waals surface area (Å²) in [6.45, 7) is 5.46. The molecule has 3 nitrogen and oxygen atoms in total. The Kier molecular flexibility index (Phi) is 6.47. The number of carbonyl (C=O) groups is 2. The molecule has 2 aromatic carbocycles. The lowest BCUT2D eigenvalue weighted by molar-refractivity contribution is -0.150. The molecule has 28 heavy (non-hydrogen) atoms. The van der Waals surface area contributed by atoms with Crippen molar-refractivity contribution in [2.75, 3.05) is 0 Å². The van der Waals surface area contributed by atoms with Crippen molar-refractivity contribution >= 4 is 34.9 Å². The first-order valence-corrected chi connectivity index (χ1v) is 10.4. The van der Waals surface area contributed by atoms with Gasteiger partial charge in [0.05, 0.1) is 12.1 Å². The lowest BCUT2D eigenvalue weighted by Gasteiger charge is -2.47. The quantitative estimate of drug-likeness (QED) is 0.592. The summed E-state index contributed by atoms with van der Waals surface area (Å²) >= 11 is 12.4. The Bertz CT molecular complexity index is 865.